The van der Waals surface area contributed by atoms with Gasteiger partial charge in [0.15, 0.2) is 0 Å². The van der Waals surface area contributed by atoms with Crippen LogP contribution in [0.2, 0.25) is 0 Å². The number of hydrogen-bond acceptors (Lipinski definition) is 2. The third-order valence-electron chi connectivity index (χ3n) is 3.69. The molecule has 1 rings (SSSR count). The second kappa shape index (κ2) is 6.84. The van der Waals surface area contributed by atoms with E-state index in [1.54, 1.807) is 0 Å². The molecule has 3 N–H and O–H groups in total. The summed E-state index contributed by atoms with van der Waals surface area (Å²) in [4.78, 5) is 12.3. The Balaban J connectivity index is 2.48. The summed E-state index contributed by atoms with van der Waals surface area (Å²) < 4.78 is 0. The van der Waals surface area contributed by atoms with Crippen molar-refractivity contribution in [1.29, 1.82) is 0 Å². The molecule has 1 unspecified atom stereocenters. The summed E-state index contributed by atoms with van der Waals surface area (Å²) >= 11 is 4.90. The Morgan fingerprint density at radius 2 is 1.85 bits per heavy atom. The Morgan fingerprint density at radius 3 is 2.30 bits per heavy atom. The molecule has 0 spiro atoms. The molecular weight excluding hydrogens is 268 g/mol. The minimum Gasteiger partial charge on any atom is -0.389 e. The molecule has 0 bridgehead atoms. The Kier molecular flexibility index (Phi) is 5.69. The van der Waals surface area contributed by atoms with E-state index in [0.29, 0.717) is 23.9 Å². The average Bonchev–Trinajstić information content (AvgIpc) is 2.35. The van der Waals surface area contributed by atoms with Crippen LogP contribution in [0, 0.1) is 11.3 Å². The van der Waals surface area contributed by atoms with Crippen LogP contribution in [-0.2, 0) is 11.2 Å². The van der Waals surface area contributed by atoms with Gasteiger partial charge in [0.25, 0.3) is 0 Å². The third kappa shape index (κ3) is 5.29. The molecule has 110 valence electrons. The molecule has 0 saturated heterocycles. The molecule has 1 aromatic carbocycles. The summed E-state index contributed by atoms with van der Waals surface area (Å²) in [6.45, 7) is 9.39. The van der Waals surface area contributed by atoms with Crippen molar-refractivity contribution in [2.45, 2.75) is 34.1 Å². The normalized spacial score (nSPS) is 12.8. The lowest BCUT2D eigenvalue weighted by Crippen LogP contribution is -2.34. The van der Waals surface area contributed by atoms with Gasteiger partial charge in [-0.3, -0.25) is 4.79 Å². The van der Waals surface area contributed by atoms with Crippen LogP contribution in [0.25, 0.3) is 0 Å². The van der Waals surface area contributed by atoms with Crippen LogP contribution in [0.3, 0.4) is 0 Å². The Hall–Kier alpha value is -1.42. The molecule has 0 aliphatic rings. The molecule has 20 heavy (non-hydrogen) atoms. The van der Waals surface area contributed by atoms with E-state index in [4.69, 9.17) is 18.0 Å². The number of carbonyl (C=O) groups is 1. The van der Waals surface area contributed by atoms with Gasteiger partial charge in [0, 0.05) is 12.1 Å². The molecule has 0 aliphatic carbocycles. The zero-order chi connectivity index (χ0) is 15.3. The van der Waals surface area contributed by atoms with Gasteiger partial charge in [-0.1, -0.05) is 64.2 Å². The number of nitrogens with two attached hydrogens (primary N) is 1. The van der Waals surface area contributed by atoms with Crippen molar-refractivity contribution in [3.63, 3.8) is 0 Å². The van der Waals surface area contributed by atoms with Gasteiger partial charge in [-0.25, -0.2) is 0 Å². The van der Waals surface area contributed by atoms with Crippen LogP contribution < -0.4 is 11.1 Å². The number of hydrogen-bond donors (Lipinski definition) is 2. The van der Waals surface area contributed by atoms with E-state index in [1.807, 2.05) is 24.3 Å². The zero-order valence-corrected chi connectivity index (χ0v) is 13.5. The summed E-state index contributed by atoms with van der Waals surface area (Å²) in [5.74, 6) is 0.479. The first kappa shape index (κ1) is 16.6. The van der Waals surface area contributed by atoms with Crippen molar-refractivity contribution in [2.75, 3.05) is 6.54 Å². The molecule has 0 aromatic heterocycles. The van der Waals surface area contributed by atoms with Gasteiger partial charge in [-0.2, -0.15) is 0 Å². The fourth-order valence-electron chi connectivity index (χ4n) is 1.61. The van der Waals surface area contributed by atoms with Crippen LogP contribution in [0.15, 0.2) is 24.3 Å². The van der Waals surface area contributed by atoms with E-state index >= 15 is 0 Å². The molecule has 0 radical (unpaired) electrons. The molecule has 0 fully saturated rings. The van der Waals surface area contributed by atoms with Crippen molar-refractivity contribution in [1.82, 2.24) is 5.32 Å². The first-order valence-electron chi connectivity index (χ1n) is 6.85. The van der Waals surface area contributed by atoms with Gasteiger partial charge >= 0.3 is 0 Å². The molecule has 1 aromatic rings. The van der Waals surface area contributed by atoms with Crippen molar-refractivity contribution >= 4 is 23.1 Å². The first-order valence-corrected chi connectivity index (χ1v) is 7.26. The molecule has 0 aliphatic heterocycles. The second-order valence-corrected chi connectivity index (χ2v) is 6.75. The van der Waals surface area contributed by atoms with Crippen LogP contribution in [-0.4, -0.2) is 17.4 Å². The van der Waals surface area contributed by atoms with Gasteiger partial charge in [-0.15, -0.1) is 0 Å². The van der Waals surface area contributed by atoms with Crippen LogP contribution in [0.5, 0.6) is 0 Å². The van der Waals surface area contributed by atoms with E-state index in [1.165, 1.54) is 0 Å². The monoisotopic (exact) mass is 292 g/mol. The van der Waals surface area contributed by atoms with Crippen LogP contribution in [0.4, 0.5) is 0 Å². The fraction of sp³-hybridized carbons (Fsp3) is 0.500. The molecule has 0 saturated carbocycles. The fourth-order valence-corrected chi connectivity index (χ4v) is 1.74. The predicted molar refractivity (Wildman–Crippen MR) is 87.7 cm³/mol. The largest absolute Gasteiger partial charge is 0.389 e. The summed E-state index contributed by atoms with van der Waals surface area (Å²) in [5.41, 5.74) is 7.53. The van der Waals surface area contributed by atoms with Crippen molar-refractivity contribution in [3.8, 4) is 0 Å². The van der Waals surface area contributed by atoms with Gasteiger partial charge in [0.1, 0.15) is 4.99 Å². The van der Waals surface area contributed by atoms with Gasteiger partial charge in [-0.05, 0) is 16.9 Å². The van der Waals surface area contributed by atoms with Gasteiger partial charge < -0.3 is 11.1 Å². The maximum absolute atomic E-state index is 11.9. The van der Waals surface area contributed by atoms with Crippen LogP contribution >= 0.6 is 12.2 Å². The molecule has 0 heterocycles. The smallest absolute Gasteiger partial charge is 0.224 e. The van der Waals surface area contributed by atoms with E-state index < -0.39 is 0 Å². The maximum atomic E-state index is 11.9. The summed E-state index contributed by atoms with van der Waals surface area (Å²) in [7, 11) is 0. The van der Waals surface area contributed by atoms with Gasteiger partial charge in [0.05, 0.1) is 6.42 Å². The van der Waals surface area contributed by atoms with E-state index in [9.17, 15) is 4.79 Å². The lowest BCUT2D eigenvalue weighted by atomic mass is 9.82. The minimum atomic E-state index is 0.0455. The quantitative estimate of drug-likeness (QED) is 0.820. The number of carbonyl (C=O) groups excluding carboxylic acids is 1. The van der Waals surface area contributed by atoms with E-state index in [2.05, 4.69) is 33.0 Å². The first-order chi connectivity index (χ1) is 9.20. The summed E-state index contributed by atoms with van der Waals surface area (Å²) in [5, 5.41) is 2.99. The number of benzene rings is 1. The van der Waals surface area contributed by atoms with Crippen molar-refractivity contribution in [3.05, 3.63) is 35.4 Å². The Bertz CT molecular complexity index is 474. The summed E-state index contributed by atoms with van der Waals surface area (Å²) in [6.07, 6.45) is 0.383. The SMILES string of the molecule is CC(CNC(=O)Cc1ccc(C(N)=S)cc1)C(C)(C)C. The summed E-state index contributed by atoms with van der Waals surface area (Å²) in [6, 6.07) is 7.48. The Morgan fingerprint density at radius 1 is 1.30 bits per heavy atom. The molecular formula is C16H24N2OS. The predicted octanol–water partition coefficient (Wildman–Crippen LogP) is 2.66. The minimum absolute atomic E-state index is 0.0455. The highest BCUT2D eigenvalue weighted by Gasteiger charge is 2.20. The molecule has 1 amide bonds. The lowest BCUT2D eigenvalue weighted by Gasteiger charge is -2.27. The molecule has 1 atom stereocenters. The van der Waals surface area contributed by atoms with Crippen LogP contribution in [0.1, 0.15) is 38.8 Å². The third-order valence-corrected chi connectivity index (χ3v) is 3.92. The van der Waals surface area contributed by atoms with Crippen molar-refractivity contribution in [2.24, 2.45) is 17.1 Å². The maximum Gasteiger partial charge on any atom is 0.224 e. The highest BCUT2D eigenvalue weighted by Crippen LogP contribution is 2.24. The number of nitrogens with one attached hydrogen (secondary N) is 1. The standard InChI is InChI=1S/C16H24N2OS/c1-11(16(2,3)4)10-18-14(19)9-12-5-7-13(8-6-12)15(17)20/h5-8,11H,9-10H2,1-4H3,(H2,17,20)(H,18,19). The van der Waals surface area contributed by atoms with Gasteiger partial charge in [0.2, 0.25) is 5.91 Å². The Labute approximate surface area is 126 Å². The molecule has 3 nitrogen and oxygen atoms in total. The second-order valence-electron chi connectivity index (χ2n) is 6.31. The number of rotatable bonds is 5. The van der Waals surface area contributed by atoms with E-state index in [-0.39, 0.29) is 11.3 Å². The van der Waals surface area contributed by atoms with Crippen molar-refractivity contribution < 1.29 is 4.79 Å². The zero-order valence-electron chi connectivity index (χ0n) is 12.7. The number of thiocarbonyl (C=S) groups is 1. The van der Waals surface area contributed by atoms with E-state index in [0.717, 1.165) is 11.1 Å². The lowest BCUT2D eigenvalue weighted by molar-refractivity contribution is -0.120. The topological polar surface area (TPSA) is 55.1 Å². The molecule has 4 heteroatoms. The highest BCUT2D eigenvalue weighted by atomic mass is 32.1. The number of amides is 1. The highest BCUT2D eigenvalue weighted by molar-refractivity contribution is 7.80. The average molecular weight is 292 g/mol.